The molecule has 1 aliphatic rings. The number of ether oxygens (including phenoxy) is 3. The Balaban J connectivity index is 0.00000420. The number of likely N-dealkylation sites (tertiary alicyclic amines) is 1. The average molecular weight is 523 g/mol. The highest BCUT2D eigenvalue weighted by Crippen LogP contribution is 2.14. The molecular weight excluding hydrogens is 488 g/mol. The molecule has 0 unspecified atom stereocenters. The van der Waals surface area contributed by atoms with E-state index in [2.05, 4.69) is 15.2 Å². The molecule has 0 aliphatic carbocycles. The molecule has 166 valence electrons. The average Bonchev–Trinajstić information content (AvgIpc) is 2.73. The summed E-state index contributed by atoms with van der Waals surface area (Å²) in [5, 5.41) is 3.43. The zero-order valence-electron chi connectivity index (χ0n) is 17.6. The van der Waals surface area contributed by atoms with Crippen LogP contribution in [-0.2, 0) is 9.47 Å². The van der Waals surface area contributed by atoms with Crippen LogP contribution in [0.5, 0.6) is 5.75 Å². The summed E-state index contributed by atoms with van der Waals surface area (Å²) >= 11 is 0. The van der Waals surface area contributed by atoms with Crippen molar-refractivity contribution < 1.29 is 18.6 Å². The van der Waals surface area contributed by atoms with Crippen molar-refractivity contribution in [1.82, 2.24) is 10.2 Å². The van der Waals surface area contributed by atoms with E-state index in [4.69, 9.17) is 14.2 Å². The third-order valence-electron chi connectivity index (χ3n) is 4.74. The lowest BCUT2D eigenvalue weighted by molar-refractivity contribution is 0.00991. The first kappa shape index (κ1) is 25.9. The van der Waals surface area contributed by atoms with Crippen molar-refractivity contribution >= 4 is 29.9 Å². The van der Waals surface area contributed by atoms with Gasteiger partial charge in [0.2, 0.25) is 0 Å². The molecule has 0 aromatic heterocycles. The summed E-state index contributed by atoms with van der Waals surface area (Å²) in [7, 11) is 3.54. The second kappa shape index (κ2) is 15.7. The van der Waals surface area contributed by atoms with Crippen LogP contribution in [0.2, 0.25) is 0 Å². The normalized spacial score (nSPS) is 15.1. The van der Waals surface area contributed by atoms with Crippen molar-refractivity contribution in [3.63, 3.8) is 0 Å². The smallest absolute Gasteiger partial charge is 0.193 e. The molecule has 0 radical (unpaired) electrons. The van der Waals surface area contributed by atoms with Crippen molar-refractivity contribution in [1.29, 1.82) is 0 Å². The highest BCUT2D eigenvalue weighted by Gasteiger charge is 2.21. The van der Waals surface area contributed by atoms with Gasteiger partial charge in [-0.05, 0) is 56.4 Å². The minimum absolute atomic E-state index is 0. The maximum atomic E-state index is 12.9. The molecule has 1 aromatic carbocycles. The Morgan fingerprint density at radius 3 is 2.48 bits per heavy atom. The number of hydrogen-bond donors (Lipinski definition) is 1. The van der Waals surface area contributed by atoms with Gasteiger partial charge >= 0.3 is 0 Å². The fourth-order valence-corrected chi connectivity index (χ4v) is 3.17. The Morgan fingerprint density at radius 2 is 1.83 bits per heavy atom. The summed E-state index contributed by atoms with van der Waals surface area (Å²) < 4.78 is 29.4. The number of nitrogens with zero attached hydrogens (tertiary/aromatic N) is 2. The van der Waals surface area contributed by atoms with Gasteiger partial charge in [0.15, 0.2) is 5.96 Å². The van der Waals surface area contributed by atoms with Gasteiger partial charge in [-0.15, -0.1) is 24.0 Å². The number of rotatable bonds is 11. The lowest BCUT2D eigenvalue weighted by Crippen LogP contribution is -2.47. The van der Waals surface area contributed by atoms with Crippen LogP contribution < -0.4 is 10.1 Å². The molecule has 0 spiro atoms. The van der Waals surface area contributed by atoms with Crippen LogP contribution in [0.3, 0.4) is 0 Å². The Bertz CT molecular complexity index is 567. The summed E-state index contributed by atoms with van der Waals surface area (Å²) in [4.78, 5) is 6.70. The molecule has 1 fully saturated rings. The molecule has 29 heavy (non-hydrogen) atoms. The molecule has 1 aromatic rings. The van der Waals surface area contributed by atoms with E-state index in [1.54, 1.807) is 19.2 Å². The van der Waals surface area contributed by atoms with E-state index >= 15 is 0 Å². The van der Waals surface area contributed by atoms with Crippen LogP contribution in [0, 0.1) is 5.82 Å². The Hall–Kier alpha value is -1.13. The SMILES string of the molecule is CN=C(NCCCCOc1ccc(F)cc1)N1CCC(OCCCOC)CC1.I. The topological polar surface area (TPSA) is 55.3 Å². The lowest BCUT2D eigenvalue weighted by atomic mass is 10.1. The van der Waals surface area contributed by atoms with E-state index < -0.39 is 0 Å². The molecular formula is C21H35FIN3O3. The fraction of sp³-hybridized carbons (Fsp3) is 0.667. The largest absolute Gasteiger partial charge is 0.494 e. The van der Waals surface area contributed by atoms with E-state index in [0.29, 0.717) is 18.5 Å². The Kier molecular flexibility index (Phi) is 14.0. The Labute approximate surface area is 191 Å². The number of benzene rings is 1. The Morgan fingerprint density at radius 1 is 1.10 bits per heavy atom. The molecule has 8 heteroatoms. The predicted molar refractivity (Wildman–Crippen MR) is 125 cm³/mol. The van der Waals surface area contributed by atoms with Crippen molar-refractivity contribution in [2.75, 3.05) is 53.6 Å². The molecule has 1 aliphatic heterocycles. The molecule has 0 amide bonds. The lowest BCUT2D eigenvalue weighted by Gasteiger charge is -2.34. The van der Waals surface area contributed by atoms with Crippen LogP contribution in [0.25, 0.3) is 0 Å². The van der Waals surface area contributed by atoms with Crippen molar-refractivity contribution in [3.8, 4) is 5.75 Å². The van der Waals surface area contributed by atoms with E-state index in [9.17, 15) is 4.39 Å². The number of aliphatic imine (C=N–C) groups is 1. The third-order valence-corrected chi connectivity index (χ3v) is 4.74. The number of methoxy groups -OCH3 is 1. The standard InChI is InChI=1S/C21H34FN3O3.HI/c1-23-21(25-13-10-20(11-14-25)28-17-5-15-26-2)24-12-3-4-16-27-19-8-6-18(22)7-9-19;/h6-9,20H,3-5,10-17H2,1-2H3,(H,23,24);1H. The van der Waals surface area contributed by atoms with Crippen molar-refractivity contribution in [2.24, 2.45) is 4.99 Å². The number of hydrogen-bond acceptors (Lipinski definition) is 4. The van der Waals surface area contributed by atoms with Crippen LogP contribution in [-0.4, -0.2) is 70.6 Å². The third kappa shape index (κ3) is 10.5. The number of guanidine groups is 1. The highest BCUT2D eigenvalue weighted by molar-refractivity contribution is 14.0. The van der Waals surface area contributed by atoms with Gasteiger partial charge in [0.05, 0.1) is 12.7 Å². The maximum absolute atomic E-state index is 12.9. The van der Waals surface area contributed by atoms with E-state index in [-0.39, 0.29) is 29.8 Å². The summed E-state index contributed by atoms with van der Waals surface area (Å²) in [6, 6.07) is 6.13. The van der Waals surface area contributed by atoms with Gasteiger partial charge in [0.1, 0.15) is 11.6 Å². The van der Waals surface area contributed by atoms with Crippen LogP contribution in [0.15, 0.2) is 29.3 Å². The zero-order chi connectivity index (χ0) is 20.0. The summed E-state index contributed by atoms with van der Waals surface area (Å²) in [5.74, 6) is 1.42. The van der Waals surface area contributed by atoms with E-state index in [1.807, 2.05) is 7.05 Å². The second-order valence-corrected chi connectivity index (χ2v) is 6.89. The van der Waals surface area contributed by atoms with Gasteiger partial charge in [-0.1, -0.05) is 0 Å². The molecule has 1 heterocycles. The molecule has 2 rings (SSSR count). The minimum Gasteiger partial charge on any atom is -0.494 e. The number of halogens is 2. The van der Waals surface area contributed by atoms with Gasteiger partial charge in [0, 0.05) is 47.0 Å². The molecule has 0 bridgehead atoms. The van der Waals surface area contributed by atoms with Crippen LogP contribution in [0.4, 0.5) is 4.39 Å². The molecule has 0 atom stereocenters. The summed E-state index contributed by atoms with van der Waals surface area (Å²) in [6.45, 7) is 4.92. The molecule has 1 N–H and O–H groups in total. The fourth-order valence-electron chi connectivity index (χ4n) is 3.17. The first-order valence-corrected chi connectivity index (χ1v) is 10.2. The monoisotopic (exact) mass is 523 g/mol. The molecule has 6 nitrogen and oxygen atoms in total. The van der Waals surface area contributed by atoms with Gasteiger partial charge in [-0.25, -0.2) is 4.39 Å². The number of nitrogens with one attached hydrogen (secondary N) is 1. The summed E-state index contributed by atoms with van der Waals surface area (Å²) in [6.07, 6.45) is 5.26. The van der Waals surface area contributed by atoms with Crippen LogP contribution >= 0.6 is 24.0 Å². The quantitative estimate of drug-likeness (QED) is 0.208. The van der Waals surface area contributed by atoms with Gasteiger partial charge < -0.3 is 24.4 Å². The molecule has 1 saturated heterocycles. The van der Waals surface area contributed by atoms with E-state index in [1.165, 1.54) is 12.1 Å². The van der Waals surface area contributed by atoms with Crippen molar-refractivity contribution in [3.05, 3.63) is 30.1 Å². The first-order valence-electron chi connectivity index (χ1n) is 10.2. The number of piperidine rings is 1. The number of unbranched alkanes of at least 4 members (excludes halogenated alkanes) is 1. The van der Waals surface area contributed by atoms with Gasteiger partial charge in [0.25, 0.3) is 0 Å². The van der Waals surface area contributed by atoms with E-state index in [0.717, 1.165) is 70.9 Å². The van der Waals surface area contributed by atoms with Crippen molar-refractivity contribution in [2.45, 2.75) is 38.2 Å². The zero-order valence-corrected chi connectivity index (χ0v) is 19.9. The predicted octanol–water partition coefficient (Wildman–Crippen LogP) is 3.70. The van der Waals surface area contributed by atoms with Crippen LogP contribution in [0.1, 0.15) is 32.1 Å². The van der Waals surface area contributed by atoms with Gasteiger partial charge in [-0.3, -0.25) is 4.99 Å². The molecule has 0 saturated carbocycles. The highest BCUT2D eigenvalue weighted by atomic mass is 127. The summed E-state index contributed by atoms with van der Waals surface area (Å²) in [5.41, 5.74) is 0. The first-order chi connectivity index (χ1) is 13.7. The maximum Gasteiger partial charge on any atom is 0.193 e. The van der Waals surface area contributed by atoms with Gasteiger partial charge in [-0.2, -0.15) is 0 Å². The minimum atomic E-state index is -0.246. The second-order valence-electron chi connectivity index (χ2n) is 6.89.